The molecule has 1 aliphatic carbocycles. The summed E-state index contributed by atoms with van der Waals surface area (Å²) in [6, 6.07) is 4.66. The molecule has 1 aromatic carbocycles. The fourth-order valence-corrected chi connectivity index (χ4v) is 2.55. The summed E-state index contributed by atoms with van der Waals surface area (Å²) < 4.78 is 46.5. The molecule has 1 unspecified atom stereocenters. The highest BCUT2D eigenvalue weighted by atomic mass is 35.5. The molecule has 0 bridgehead atoms. The summed E-state index contributed by atoms with van der Waals surface area (Å²) in [7, 11) is 1.35. The molecular weight excluding hydrogens is 373 g/mol. The van der Waals surface area contributed by atoms with Crippen molar-refractivity contribution in [3.8, 4) is 11.5 Å². The molecule has 1 aromatic rings. The molecule has 0 spiro atoms. The van der Waals surface area contributed by atoms with Gasteiger partial charge < -0.3 is 20.5 Å². The lowest BCUT2D eigenvalue weighted by atomic mass is 10.1. The van der Waals surface area contributed by atoms with Crippen LogP contribution in [0.4, 0.5) is 13.2 Å². The highest BCUT2D eigenvalue weighted by molar-refractivity contribution is 5.85. The van der Waals surface area contributed by atoms with E-state index in [9.17, 15) is 18.0 Å². The second kappa shape index (κ2) is 9.87. The molecule has 5 nitrogen and oxygen atoms in total. The molecule has 0 radical (unpaired) electrons. The van der Waals surface area contributed by atoms with Crippen molar-refractivity contribution in [1.29, 1.82) is 0 Å². The maximum atomic E-state index is 12.2. The Labute approximate surface area is 156 Å². The first-order chi connectivity index (χ1) is 11.8. The number of hydrogen-bond acceptors (Lipinski definition) is 4. The second-order valence-electron chi connectivity index (χ2n) is 6.14. The van der Waals surface area contributed by atoms with Crippen molar-refractivity contribution in [2.24, 2.45) is 11.7 Å². The van der Waals surface area contributed by atoms with E-state index in [1.54, 1.807) is 12.1 Å². The molecule has 1 aliphatic rings. The number of nitrogens with one attached hydrogen (secondary N) is 1. The van der Waals surface area contributed by atoms with Gasteiger partial charge in [-0.25, -0.2) is 0 Å². The van der Waals surface area contributed by atoms with Gasteiger partial charge >= 0.3 is 6.18 Å². The molecule has 9 heteroatoms. The minimum atomic E-state index is -4.41. The van der Waals surface area contributed by atoms with Crippen molar-refractivity contribution in [3.05, 3.63) is 23.8 Å². The Bertz CT molecular complexity index is 595. The number of carbonyl (C=O) groups excluding carboxylic acids is 1. The van der Waals surface area contributed by atoms with Crippen LogP contribution in [0.25, 0.3) is 0 Å². The molecule has 0 aromatic heterocycles. The van der Waals surface area contributed by atoms with Gasteiger partial charge in [0.2, 0.25) is 5.91 Å². The smallest absolute Gasteiger partial charge is 0.422 e. The predicted molar refractivity (Wildman–Crippen MR) is 93.8 cm³/mol. The lowest BCUT2D eigenvalue weighted by Crippen LogP contribution is -2.41. The summed E-state index contributed by atoms with van der Waals surface area (Å²) >= 11 is 0. The average Bonchev–Trinajstić information content (AvgIpc) is 3.40. The van der Waals surface area contributed by atoms with E-state index in [4.69, 9.17) is 15.2 Å². The third-order valence-corrected chi connectivity index (χ3v) is 4.05. The van der Waals surface area contributed by atoms with Crippen LogP contribution in [0.2, 0.25) is 0 Å². The van der Waals surface area contributed by atoms with Crippen LogP contribution < -0.4 is 20.5 Å². The Morgan fingerprint density at radius 1 is 1.35 bits per heavy atom. The Morgan fingerprint density at radius 2 is 2.04 bits per heavy atom. The fraction of sp³-hybridized carbons (Fsp3) is 0.588. The van der Waals surface area contributed by atoms with Crippen LogP contribution in [0.15, 0.2) is 18.2 Å². The van der Waals surface area contributed by atoms with Crippen LogP contribution in [0.5, 0.6) is 11.5 Å². The third-order valence-electron chi connectivity index (χ3n) is 4.05. The van der Waals surface area contributed by atoms with Gasteiger partial charge in [-0.2, -0.15) is 13.2 Å². The van der Waals surface area contributed by atoms with Gasteiger partial charge in [-0.05, 0) is 42.9 Å². The van der Waals surface area contributed by atoms with Gasteiger partial charge in [-0.15, -0.1) is 12.4 Å². The number of rotatable bonds is 9. The number of nitrogens with two attached hydrogens (primary N) is 1. The number of carbonyl (C=O) groups is 1. The van der Waals surface area contributed by atoms with Crippen molar-refractivity contribution in [2.45, 2.75) is 37.9 Å². The summed E-state index contributed by atoms with van der Waals surface area (Å²) in [5.41, 5.74) is 6.44. The van der Waals surface area contributed by atoms with Crippen LogP contribution in [0.1, 0.15) is 24.8 Å². The van der Waals surface area contributed by atoms with E-state index in [1.807, 2.05) is 0 Å². The van der Waals surface area contributed by atoms with Gasteiger partial charge in [0.25, 0.3) is 0 Å². The quantitative estimate of drug-likeness (QED) is 0.673. The number of halogens is 4. The molecule has 3 N–H and O–H groups in total. The third kappa shape index (κ3) is 7.29. The normalized spacial score (nSPS) is 15.0. The summed E-state index contributed by atoms with van der Waals surface area (Å²) in [4.78, 5) is 12.0. The zero-order valence-electron chi connectivity index (χ0n) is 14.5. The van der Waals surface area contributed by atoms with E-state index in [-0.39, 0.29) is 42.3 Å². The number of methoxy groups -OCH3 is 1. The molecule has 0 saturated heterocycles. The highest BCUT2D eigenvalue weighted by Gasteiger charge is 2.31. The van der Waals surface area contributed by atoms with Crippen molar-refractivity contribution in [2.75, 3.05) is 20.3 Å². The standard InChI is InChI=1S/C17H23F3N2O3.ClH/c1-24-15-8-11(2-6-14(15)25-10-17(18,19)20)3-7-16(23)22-13(9-21)12-4-5-12;/h2,6,8,12-13H,3-5,7,9-10,21H2,1H3,(H,22,23);1H. The van der Waals surface area contributed by atoms with Gasteiger partial charge in [-0.3, -0.25) is 4.79 Å². The number of ether oxygens (including phenoxy) is 2. The number of amides is 1. The Hall–Kier alpha value is -1.67. The highest BCUT2D eigenvalue weighted by Crippen LogP contribution is 2.32. The zero-order valence-corrected chi connectivity index (χ0v) is 15.3. The minimum Gasteiger partial charge on any atom is -0.493 e. The van der Waals surface area contributed by atoms with Crippen LogP contribution in [0.3, 0.4) is 0 Å². The first-order valence-corrected chi connectivity index (χ1v) is 8.18. The molecule has 26 heavy (non-hydrogen) atoms. The average molecular weight is 397 g/mol. The van der Waals surface area contributed by atoms with Crippen LogP contribution in [-0.4, -0.2) is 38.4 Å². The Balaban J connectivity index is 0.00000338. The number of alkyl halides is 3. The lowest BCUT2D eigenvalue weighted by molar-refractivity contribution is -0.153. The SMILES string of the molecule is COc1cc(CCC(=O)NC(CN)C2CC2)ccc1OCC(F)(F)F.Cl. The molecule has 0 heterocycles. The first kappa shape index (κ1) is 22.4. The van der Waals surface area contributed by atoms with Gasteiger partial charge in [-0.1, -0.05) is 6.07 Å². The topological polar surface area (TPSA) is 73.6 Å². The minimum absolute atomic E-state index is 0. The van der Waals surface area contributed by atoms with E-state index >= 15 is 0 Å². The van der Waals surface area contributed by atoms with Gasteiger partial charge in [0.1, 0.15) is 0 Å². The van der Waals surface area contributed by atoms with E-state index < -0.39 is 12.8 Å². The van der Waals surface area contributed by atoms with Crippen molar-refractivity contribution >= 4 is 18.3 Å². The molecular formula is C17H24ClF3N2O3. The zero-order chi connectivity index (χ0) is 18.4. The maximum absolute atomic E-state index is 12.2. The van der Waals surface area contributed by atoms with Gasteiger partial charge in [0.15, 0.2) is 18.1 Å². The van der Waals surface area contributed by atoms with Crippen LogP contribution >= 0.6 is 12.4 Å². The number of benzene rings is 1. The number of aryl methyl sites for hydroxylation is 1. The molecule has 1 fully saturated rings. The summed E-state index contributed by atoms with van der Waals surface area (Å²) in [6.07, 6.45) is -1.50. The van der Waals surface area contributed by atoms with E-state index in [2.05, 4.69) is 5.32 Å². The molecule has 1 atom stereocenters. The van der Waals surface area contributed by atoms with Crippen molar-refractivity contribution < 1.29 is 27.4 Å². The van der Waals surface area contributed by atoms with Crippen molar-refractivity contribution in [3.63, 3.8) is 0 Å². The van der Waals surface area contributed by atoms with Gasteiger partial charge in [0.05, 0.1) is 7.11 Å². The summed E-state index contributed by atoms with van der Waals surface area (Å²) in [6.45, 7) is -0.956. The largest absolute Gasteiger partial charge is 0.493 e. The van der Waals surface area contributed by atoms with E-state index in [0.717, 1.165) is 18.4 Å². The van der Waals surface area contributed by atoms with E-state index in [0.29, 0.717) is 18.9 Å². The maximum Gasteiger partial charge on any atom is 0.422 e. The molecule has 0 aliphatic heterocycles. The molecule has 1 saturated carbocycles. The molecule has 2 rings (SSSR count). The Morgan fingerprint density at radius 3 is 2.58 bits per heavy atom. The van der Waals surface area contributed by atoms with Gasteiger partial charge in [0, 0.05) is 19.0 Å². The van der Waals surface area contributed by atoms with Crippen LogP contribution in [0, 0.1) is 5.92 Å². The van der Waals surface area contributed by atoms with Crippen LogP contribution in [-0.2, 0) is 11.2 Å². The molecule has 148 valence electrons. The second-order valence-corrected chi connectivity index (χ2v) is 6.14. The predicted octanol–water partition coefficient (Wildman–Crippen LogP) is 2.84. The first-order valence-electron chi connectivity index (χ1n) is 8.18. The molecule has 1 amide bonds. The van der Waals surface area contributed by atoms with E-state index in [1.165, 1.54) is 13.2 Å². The Kier molecular flexibility index (Phi) is 8.49. The monoisotopic (exact) mass is 396 g/mol. The summed E-state index contributed by atoms with van der Waals surface area (Å²) in [5.74, 6) is 0.628. The lowest BCUT2D eigenvalue weighted by Gasteiger charge is -2.16. The number of hydrogen-bond donors (Lipinski definition) is 2. The summed E-state index contributed by atoms with van der Waals surface area (Å²) in [5, 5.41) is 2.93. The van der Waals surface area contributed by atoms with Crippen molar-refractivity contribution in [1.82, 2.24) is 5.32 Å². The fourth-order valence-electron chi connectivity index (χ4n) is 2.55.